The molecule has 1 aromatic carbocycles. The smallest absolute Gasteiger partial charge is 0.389 e. The molecule has 0 atom stereocenters. The lowest BCUT2D eigenvalue weighted by Crippen LogP contribution is -2.08. The molecule has 78 valence electrons. The van der Waals surface area contributed by atoms with Crippen LogP contribution in [-0.4, -0.2) is 13.3 Å². The number of rotatable bonds is 3. The minimum atomic E-state index is -4.11. The molecule has 0 aliphatic carbocycles. The predicted molar refractivity (Wildman–Crippen MR) is 47.4 cm³/mol. The van der Waals surface area contributed by atoms with Crippen molar-refractivity contribution in [2.24, 2.45) is 0 Å². The minimum Gasteiger partial charge on any atom is -0.496 e. The van der Waals surface area contributed by atoms with Crippen molar-refractivity contribution in [1.82, 2.24) is 0 Å². The molecule has 0 aromatic heterocycles. The van der Waals surface area contributed by atoms with E-state index in [4.69, 9.17) is 4.74 Å². The van der Waals surface area contributed by atoms with Crippen molar-refractivity contribution in [3.05, 3.63) is 29.8 Å². The van der Waals surface area contributed by atoms with Gasteiger partial charge in [-0.1, -0.05) is 18.2 Å². The monoisotopic (exact) mass is 204 g/mol. The summed E-state index contributed by atoms with van der Waals surface area (Å²) in [6.45, 7) is 0. The molecule has 0 radical (unpaired) electrons. The van der Waals surface area contributed by atoms with E-state index in [9.17, 15) is 13.2 Å². The van der Waals surface area contributed by atoms with Crippen molar-refractivity contribution < 1.29 is 17.9 Å². The van der Waals surface area contributed by atoms with Gasteiger partial charge < -0.3 is 4.74 Å². The first-order valence-electron chi connectivity index (χ1n) is 4.21. The molecule has 0 spiro atoms. The Bertz CT molecular complexity index is 294. The van der Waals surface area contributed by atoms with Crippen LogP contribution in [0.2, 0.25) is 0 Å². The number of para-hydroxylation sites is 1. The maximum absolute atomic E-state index is 11.9. The third-order valence-electron chi connectivity index (χ3n) is 1.87. The molecular weight excluding hydrogens is 193 g/mol. The topological polar surface area (TPSA) is 9.23 Å². The number of aryl methyl sites for hydroxylation is 1. The summed E-state index contributed by atoms with van der Waals surface area (Å²) >= 11 is 0. The Labute approximate surface area is 80.5 Å². The van der Waals surface area contributed by atoms with Gasteiger partial charge in [-0.15, -0.1) is 0 Å². The lowest BCUT2D eigenvalue weighted by Gasteiger charge is -2.09. The highest BCUT2D eigenvalue weighted by Gasteiger charge is 2.26. The molecule has 0 bridgehead atoms. The van der Waals surface area contributed by atoms with Gasteiger partial charge in [0.15, 0.2) is 0 Å². The molecule has 4 heteroatoms. The molecule has 0 aliphatic heterocycles. The molecule has 0 unspecified atom stereocenters. The number of hydrogen-bond donors (Lipinski definition) is 0. The highest BCUT2D eigenvalue weighted by Crippen LogP contribution is 2.25. The number of halogens is 3. The van der Waals surface area contributed by atoms with E-state index < -0.39 is 12.6 Å². The first kappa shape index (κ1) is 10.9. The molecular formula is C10H11F3O. The summed E-state index contributed by atoms with van der Waals surface area (Å²) in [5.41, 5.74) is 0.590. The molecule has 0 N–H and O–H groups in total. The van der Waals surface area contributed by atoms with Gasteiger partial charge in [-0.3, -0.25) is 0 Å². The molecule has 0 fully saturated rings. The number of methoxy groups -OCH3 is 1. The van der Waals surface area contributed by atoms with Crippen LogP contribution >= 0.6 is 0 Å². The summed E-state index contributed by atoms with van der Waals surface area (Å²) in [4.78, 5) is 0. The summed E-state index contributed by atoms with van der Waals surface area (Å²) in [7, 11) is 1.45. The first-order chi connectivity index (χ1) is 6.53. The molecule has 0 amide bonds. The molecule has 14 heavy (non-hydrogen) atoms. The zero-order valence-corrected chi connectivity index (χ0v) is 7.77. The van der Waals surface area contributed by atoms with Crippen molar-refractivity contribution in [3.8, 4) is 5.75 Å². The number of alkyl halides is 3. The standard InChI is InChI=1S/C10H11F3O/c1-14-9-5-3-2-4-8(9)6-7-10(11,12)13/h2-5H,6-7H2,1H3. The van der Waals surface area contributed by atoms with Crippen LogP contribution in [0, 0.1) is 0 Å². The van der Waals surface area contributed by atoms with Crippen LogP contribution in [0.1, 0.15) is 12.0 Å². The molecule has 0 saturated carbocycles. The average molecular weight is 204 g/mol. The van der Waals surface area contributed by atoms with Gasteiger partial charge in [0.25, 0.3) is 0 Å². The van der Waals surface area contributed by atoms with Crippen LogP contribution in [0.4, 0.5) is 13.2 Å². The Kier molecular flexibility index (Phi) is 3.38. The van der Waals surface area contributed by atoms with Crippen LogP contribution in [0.25, 0.3) is 0 Å². The third kappa shape index (κ3) is 3.28. The molecule has 0 aliphatic rings. The fourth-order valence-corrected chi connectivity index (χ4v) is 1.19. The Morgan fingerprint density at radius 2 is 1.86 bits per heavy atom. The second kappa shape index (κ2) is 4.35. The van der Waals surface area contributed by atoms with Gasteiger partial charge in [0, 0.05) is 6.42 Å². The van der Waals surface area contributed by atoms with E-state index >= 15 is 0 Å². The van der Waals surface area contributed by atoms with Gasteiger partial charge >= 0.3 is 6.18 Å². The first-order valence-corrected chi connectivity index (χ1v) is 4.21. The van der Waals surface area contributed by atoms with Crippen LogP contribution < -0.4 is 4.74 Å². The summed E-state index contributed by atoms with van der Waals surface area (Å²) in [6, 6.07) is 6.74. The van der Waals surface area contributed by atoms with Crippen molar-refractivity contribution in [2.45, 2.75) is 19.0 Å². The SMILES string of the molecule is COc1ccccc1CCC(F)(F)F. The van der Waals surface area contributed by atoms with E-state index in [1.165, 1.54) is 7.11 Å². The zero-order chi connectivity index (χ0) is 10.6. The van der Waals surface area contributed by atoms with Gasteiger partial charge in [-0.2, -0.15) is 13.2 Å². The Balaban J connectivity index is 2.67. The average Bonchev–Trinajstić information content (AvgIpc) is 2.14. The summed E-state index contributed by atoms with van der Waals surface area (Å²) in [5.74, 6) is 0.511. The van der Waals surface area contributed by atoms with Crippen molar-refractivity contribution >= 4 is 0 Å². The van der Waals surface area contributed by atoms with Crippen molar-refractivity contribution in [1.29, 1.82) is 0 Å². The summed E-state index contributed by atoms with van der Waals surface area (Å²) in [6.07, 6.45) is -4.96. The maximum Gasteiger partial charge on any atom is 0.389 e. The highest BCUT2D eigenvalue weighted by atomic mass is 19.4. The van der Waals surface area contributed by atoms with Crippen molar-refractivity contribution in [2.75, 3.05) is 7.11 Å². The molecule has 1 aromatic rings. The number of benzene rings is 1. The quantitative estimate of drug-likeness (QED) is 0.734. The van der Waals surface area contributed by atoms with E-state index in [1.807, 2.05) is 0 Å². The van der Waals surface area contributed by atoms with Gasteiger partial charge in [0.05, 0.1) is 7.11 Å². The fraction of sp³-hybridized carbons (Fsp3) is 0.400. The second-order valence-corrected chi connectivity index (χ2v) is 2.93. The Morgan fingerprint density at radius 3 is 2.43 bits per heavy atom. The van der Waals surface area contributed by atoms with E-state index in [-0.39, 0.29) is 6.42 Å². The zero-order valence-electron chi connectivity index (χ0n) is 7.77. The van der Waals surface area contributed by atoms with Gasteiger partial charge in [0.1, 0.15) is 5.75 Å². The maximum atomic E-state index is 11.9. The second-order valence-electron chi connectivity index (χ2n) is 2.93. The van der Waals surface area contributed by atoms with E-state index in [2.05, 4.69) is 0 Å². The Hall–Kier alpha value is -1.19. The van der Waals surface area contributed by atoms with Crippen LogP contribution in [-0.2, 0) is 6.42 Å². The largest absolute Gasteiger partial charge is 0.496 e. The van der Waals surface area contributed by atoms with E-state index in [0.717, 1.165) is 0 Å². The minimum absolute atomic E-state index is 0.0342. The summed E-state index contributed by atoms with van der Waals surface area (Å²) < 4.78 is 40.8. The van der Waals surface area contributed by atoms with E-state index in [1.54, 1.807) is 24.3 Å². The highest BCUT2D eigenvalue weighted by molar-refractivity contribution is 5.33. The lowest BCUT2D eigenvalue weighted by atomic mass is 10.1. The Morgan fingerprint density at radius 1 is 1.21 bits per heavy atom. The normalized spacial score (nSPS) is 11.4. The van der Waals surface area contributed by atoms with Crippen LogP contribution in [0.3, 0.4) is 0 Å². The molecule has 0 saturated heterocycles. The molecule has 0 heterocycles. The molecule has 1 rings (SSSR count). The summed E-state index contributed by atoms with van der Waals surface area (Å²) in [5, 5.41) is 0. The van der Waals surface area contributed by atoms with Crippen LogP contribution in [0.15, 0.2) is 24.3 Å². The van der Waals surface area contributed by atoms with E-state index in [0.29, 0.717) is 11.3 Å². The number of hydrogen-bond acceptors (Lipinski definition) is 1. The fourth-order valence-electron chi connectivity index (χ4n) is 1.19. The lowest BCUT2D eigenvalue weighted by molar-refractivity contribution is -0.134. The van der Waals surface area contributed by atoms with Gasteiger partial charge in [-0.05, 0) is 18.1 Å². The van der Waals surface area contributed by atoms with Crippen LogP contribution in [0.5, 0.6) is 5.75 Å². The number of ether oxygens (including phenoxy) is 1. The van der Waals surface area contributed by atoms with Gasteiger partial charge in [0.2, 0.25) is 0 Å². The third-order valence-corrected chi connectivity index (χ3v) is 1.87. The van der Waals surface area contributed by atoms with Gasteiger partial charge in [-0.25, -0.2) is 0 Å². The molecule has 1 nitrogen and oxygen atoms in total. The predicted octanol–water partition coefficient (Wildman–Crippen LogP) is 3.19. The van der Waals surface area contributed by atoms with Crippen molar-refractivity contribution in [3.63, 3.8) is 0 Å².